The lowest BCUT2D eigenvalue weighted by atomic mass is 10.2. The lowest BCUT2D eigenvalue weighted by Crippen LogP contribution is -1.91. The van der Waals surface area contributed by atoms with Crippen LogP contribution in [0.3, 0.4) is 0 Å². The molecule has 0 aromatic heterocycles. The quantitative estimate of drug-likeness (QED) is 0.559. The first-order chi connectivity index (χ1) is 4.43. The van der Waals surface area contributed by atoms with Gasteiger partial charge in [0.1, 0.15) is 0 Å². The molecule has 1 aliphatic heterocycles. The zero-order valence-corrected chi connectivity index (χ0v) is 5.59. The first-order valence-electron chi connectivity index (χ1n) is 3.22. The lowest BCUT2D eigenvalue weighted by Gasteiger charge is -1.92. The molecule has 1 rings (SSSR count). The van der Waals surface area contributed by atoms with E-state index in [0.29, 0.717) is 0 Å². The van der Waals surface area contributed by atoms with Crippen LogP contribution in [0.5, 0.6) is 0 Å². The van der Waals surface area contributed by atoms with Crippen LogP contribution in [0.2, 0.25) is 0 Å². The van der Waals surface area contributed by atoms with Gasteiger partial charge in [-0.1, -0.05) is 19.1 Å². The summed E-state index contributed by atoms with van der Waals surface area (Å²) in [4.78, 5) is 0. The highest BCUT2D eigenvalue weighted by Gasteiger charge is 1.86. The summed E-state index contributed by atoms with van der Waals surface area (Å²) in [6.07, 6.45) is 11.1. The molecule has 0 saturated carbocycles. The van der Waals surface area contributed by atoms with E-state index < -0.39 is 0 Å². The highest BCUT2D eigenvalue weighted by atomic mass is 14.8. The van der Waals surface area contributed by atoms with E-state index in [2.05, 4.69) is 18.3 Å². The fourth-order valence-corrected chi connectivity index (χ4v) is 0.713. The van der Waals surface area contributed by atoms with Crippen LogP contribution >= 0.6 is 0 Å². The van der Waals surface area contributed by atoms with Gasteiger partial charge in [0.25, 0.3) is 0 Å². The largest absolute Gasteiger partial charge is 0.367 e. The normalized spacial score (nSPS) is 16.3. The Morgan fingerprint density at radius 2 is 2.33 bits per heavy atom. The Kier molecular flexibility index (Phi) is 2.13. The molecule has 0 saturated heterocycles. The van der Waals surface area contributed by atoms with E-state index in [-0.39, 0.29) is 0 Å². The molecule has 0 bridgehead atoms. The fourth-order valence-electron chi connectivity index (χ4n) is 0.713. The third kappa shape index (κ3) is 1.76. The summed E-state index contributed by atoms with van der Waals surface area (Å²) >= 11 is 0. The Morgan fingerprint density at radius 3 is 3.11 bits per heavy atom. The third-order valence-electron chi connectivity index (χ3n) is 1.29. The maximum atomic E-state index is 3.04. The number of hydrogen-bond donors (Lipinski definition) is 1. The molecule has 1 nitrogen and oxygen atoms in total. The second-order valence-electron chi connectivity index (χ2n) is 1.96. The summed E-state index contributed by atoms with van der Waals surface area (Å²) in [6, 6.07) is 0. The van der Waals surface area contributed by atoms with Gasteiger partial charge in [0.2, 0.25) is 0 Å². The smallest absolute Gasteiger partial charge is 0.00366 e. The summed E-state index contributed by atoms with van der Waals surface area (Å²) < 4.78 is 0. The summed E-state index contributed by atoms with van der Waals surface area (Å²) in [5, 5.41) is 3.04. The van der Waals surface area contributed by atoms with E-state index in [0.717, 1.165) is 6.42 Å². The summed E-state index contributed by atoms with van der Waals surface area (Å²) in [6.45, 7) is 2.14. The van der Waals surface area contributed by atoms with Crippen molar-refractivity contribution in [1.29, 1.82) is 0 Å². The molecule has 0 unspecified atom stereocenters. The van der Waals surface area contributed by atoms with E-state index in [1.165, 1.54) is 5.57 Å². The summed E-state index contributed by atoms with van der Waals surface area (Å²) in [5.74, 6) is 0. The van der Waals surface area contributed by atoms with Gasteiger partial charge >= 0.3 is 0 Å². The molecule has 0 atom stereocenters. The molecule has 1 heteroatoms. The van der Waals surface area contributed by atoms with Gasteiger partial charge in [-0.2, -0.15) is 0 Å². The molecule has 0 amide bonds. The van der Waals surface area contributed by atoms with E-state index >= 15 is 0 Å². The van der Waals surface area contributed by atoms with Gasteiger partial charge < -0.3 is 5.32 Å². The molecule has 0 radical (unpaired) electrons. The molecule has 0 aliphatic carbocycles. The molecule has 0 fully saturated rings. The minimum atomic E-state index is 1.09. The zero-order valence-electron chi connectivity index (χ0n) is 5.59. The first-order valence-corrected chi connectivity index (χ1v) is 3.22. The molecule has 1 heterocycles. The number of rotatable bonds is 1. The second kappa shape index (κ2) is 3.13. The Labute approximate surface area is 55.8 Å². The Bertz CT molecular complexity index is 163. The van der Waals surface area contributed by atoms with Crippen molar-refractivity contribution in [1.82, 2.24) is 5.32 Å². The Balaban J connectivity index is 2.63. The van der Waals surface area contributed by atoms with E-state index in [9.17, 15) is 0 Å². The number of nitrogens with one attached hydrogen (secondary N) is 1. The Hall–Kier alpha value is -0.980. The van der Waals surface area contributed by atoms with Crippen LogP contribution in [0.15, 0.2) is 36.2 Å². The third-order valence-corrected chi connectivity index (χ3v) is 1.29. The summed E-state index contributed by atoms with van der Waals surface area (Å²) in [7, 11) is 0. The van der Waals surface area contributed by atoms with Gasteiger partial charge in [0.05, 0.1) is 0 Å². The average molecular weight is 121 g/mol. The van der Waals surface area contributed by atoms with Crippen molar-refractivity contribution in [2.45, 2.75) is 13.3 Å². The SMILES string of the molecule is CCC1=CNC=CC=C1. The van der Waals surface area contributed by atoms with Gasteiger partial charge in [-0.3, -0.25) is 0 Å². The molecule has 0 aromatic carbocycles. The number of allylic oxidation sites excluding steroid dienone is 4. The average Bonchev–Trinajstić information content (AvgIpc) is 2.13. The van der Waals surface area contributed by atoms with Crippen molar-refractivity contribution in [3.63, 3.8) is 0 Å². The van der Waals surface area contributed by atoms with Crippen molar-refractivity contribution in [2.75, 3.05) is 0 Å². The molecule has 1 aliphatic rings. The fraction of sp³-hybridized carbons (Fsp3) is 0.250. The van der Waals surface area contributed by atoms with Crippen molar-refractivity contribution >= 4 is 0 Å². The monoisotopic (exact) mass is 121 g/mol. The van der Waals surface area contributed by atoms with Gasteiger partial charge in [0, 0.05) is 12.4 Å². The summed E-state index contributed by atoms with van der Waals surface area (Å²) in [5.41, 5.74) is 1.33. The van der Waals surface area contributed by atoms with Gasteiger partial charge in [0.15, 0.2) is 0 Å². The van der Waals surface area contributed by atoms with Crippen molar-refractivity contribution in [3.05, 3.63) is 36.2 Å². The van der Waals surface area contributed by atoms with Gasteiger partial charge in [-0.05, 0) is 18.1 Å². The maximum Gasteiger partial charge on any atom is 0.00366 e. The van der Waals surface area contributed by atoms with Crippen molar-refractivity contribution < 1.29 is 0 Å². The van der Waals surface area contributed by atoms with E-state index in [4.69, 9.17) is 0 Å². The van der Waals surface area contributed by atoms with E-state index in [1.807, 2.05) is 24.6 Å². The van der Waals surface area contributed by atoms with Crippen LogP contribution in [0.25, 0.3) is 0 Å². The number of hydrogen-bond acceptors (Lipinski definition) is 1. The molecule has 9 heavy (non-hydrogen) atoms. The Morgan fingerprint density at radius 1 is 1.44 bits per heavy atom. The zero-order chi connectivity index (χ0) is 6.53. The predicted octanol–water partition coefficient (Wildman–Crippen LogP) is 1.95. The predicted molar refractivity (Wildman–Crippen MR) is 39.8 cm³/mol. The molecular formula is C8H11N. The molecule has 48 valence electrons. The van der Waals surface area contributed by atoms with Crippen LogP contribution in [0.1, 0.15) is 13.3 Å². The molecule has 1 N–H and O–H groups in total. The highest BCUT2D eigenvalue weighted by molar-refractivity contribution is 5.24. The standard InChI is InChI=1S/C8H11N/c1-2-8-5-3-4-6-9-7-8/h3-7,9H,2H2,1H3. The molecular weight excluding hydrogens is 110 g/mol. The van der Waals surface area contributed by atoms with Crippen LogP contribution < -0.4 is 5.32 Å². The van der Waals surface area contributed by atoms with Crippen LogP contribution in [0.4, 0.5) is 0 Å². The van der Waals surface area contributed by atoms with Crippen molar-refractivity contribution in [3.8, 4) is 0 Å². The first kappa shape index (κ1) is 6.14. The second-order valence-corrected chi connectivity index (χ2v) is 1.96. The van der Waals surface area contributed by atoms with Gasteiger partial charge in [-0.25, -0.2) is 0 Å². The van der Waals surface area contributed by atoms with Crippen LogP contribution in [-0.2, 0) is 0 Å². The van der Waals surface area contributed by atoms with Gasteiger partial charge in [-0.15, -0.1) is 0 Å². The van der Waals surface area contributed by atoms with Crippen LogP contribution in [0, 0.1) is 0 Å². The molecule has 0 aromatic rings. The van der Waals surface area contributed by atoms with Crippen molar-refractivity contribution in [2.24, 2.45) is 0 Å². The topological polar surface area (TPSA) is 12.0 Å². The molecule has 0 spiro atoms. The van der Waals surface area contributed by atoms with Crippen LogP contribution in [-0.4, -0.2) is 0 Å². The lowest BCUT2D eigenvalue weighted by molar-refractivity contribution is 1.09. The highest BCUT2D eigenvalue weighted by Crippen LogP contribution is 2.02. The minimum absolute atomic E-state index is 1.09. The maximum absolute atomic E-state index is 3.04. The minimum Gasteiger partial charge on any atom is -0.367 e. The van der Waals surface area contributed by atoms with E-state index in [1.54, 1.807) is 0 Å².